The van der Waals surface area contributed by atoms with Crippen molar-refractivity contribution in [1.82, 2.24) is 10.6 Å². The summed E-state index contributed by atoms with van der Waals surface area (Å²) in [6.45, 7) is 1.84. The number of alkyl carbamates (subject to hydrolysis) is 1. The molecule has 0 bridgehead atoms. The van der Waals surface area contributed by atoms with Crippen molar-refractivity contribution < 1.29 is 34.1 Å². The molecule has 0 radical (unpaired) electrons. The highest BCUT2D eigenvalue weighted by molar-refractivity contribution is 5.88. The van der Waals surface area contributed by atoms with E-state index in [4.69, 9.17) is 9.47 Å². The number of aliphatic hydroxyl groups is 1. The first kappa shape index (κ1) is 24.7. The van der Waals surface area contributed by atoms with Crippen molar-refractivity contribution in [2.45, 2.75) is 37.8 Å². The molecule has 0 aromatic heterocycles. The summed E-state index contributed by atoms with van der Waals surface area (Å²) in [4.78, 5) is 37.1. The summed E-state index contributed by atoms with van der Waals surface area (Å²) in [6, 6.07) is 14.6. The van der Waals surface area contributed by atoms with Gasteiger partial charge < -0.3 is 30.3 Å². The molecule has 2 aliphatic rings. The lowest BCUT2D eigenvalue weighted by Crippen LogP contribution is -2.58. The summed E-state index contributed by atoms with van der Waals surface area (Å²) in [5.74, 6) is -2.03. The molecule has 4 N–H and O–H groups in total. The van der Waals surface area contributed by atoms with E-state index in [-0.39, 0.29) is 25.7 Å². The molecule has 4 rings (SSSR count). The standard InChI is InChI=1S/C26H30N2O7/c1-16(29)22(23(30)31)28-24(32)26(11-6-12-34-15-26)14-27-25(33)35-13-21-19-9-4-2-7-17(19)18-8-3-5-10-20(18)21/h2-5,7-10,16,21-22,29H,6,11-15H2,1H3,(H,27,33)(H,28,32)(H,30,31)/t16-,22+,26?/m1/s1. The molecule has 1 aliphatic heterocycles. The summed E-state index contributed by atoms with van der Waals surface area (Å²) in [7, 11) is 0. The van der Waals surface area contributed by atoms with Crippen LogP contribution in [0.2, 0.25) is 0 Å². The summed E-state index contributed by atoms with van der Waals surface area (Å²) < 4.78 is 11.1. The van der Waals surface area contributed by atoms with E-state index in [9.17, 15) is 24.6 Å². The van der Waals surface area contributed by atoms with E-state index >= 15 is 0 Å². The van der Waals surface area contributed by atoms with Gasteiger partial charge in [-0.3, -0.25) is 4.79 Å². The van der Waals surface area contributed by atoms with Crippen molar-refractivity contribution in [3.63, 3.8) is 0 Å². The van der Waals surface area contributed by atoms with Gasteiger partial charge in [-0.15, -0.1) is 0 Å². The van der Waals surface area contributed by atoms with Crippen molar-refractivity contribution in [3.8, 4) is 11.1 Å². The second-order valence-corrected chi connectivity index (χ2v) is 9.15. The van der Waals surface area contributed by atoms with Crippen LogP contribution in [-0.4, -0.2) is 66.7 Å². The van der Waals surface area contributed by atoms with Crippen LogP contribution in [0.3, 0.4) is 0 Å². The molecule has 1 unspecified atom stereocenters. The maximum atomic E-state index is 13.0. The molecule has 186 valence electrons. The van der Waals surface area contributed by atoms with Gasteiger partial charge >= 0.3 is 12.1 Å². The molecule has 1 fully saturated rings. The fourth-order valence-corrected chi connectivity index (χ4v) is 4.82. The number of aliphatic carboxylic acids is 1. The summed E-state index contributed by atoms with van der Waals surface area (Å²) in [6.07, 6.45) is -0.982. The van der Waals surface area contributed by atoms with Gasteiger partial charge in [-0.05, 0) is 42.0 Å². The first-order chi connectivity index (χ1) is 16.8. The molecule has 9 heteroatoms. The Kier molecular flexibility index (Phi) is 7.37. The summed E-state index contributed by atoms with van der Waals surface area (Å²) >= 11 is 0. The summed E-state index contributed by atoms with van der Waals surface area (Å²) in [5.41, 5.74) is 3.27. The smallest absolute Gasteiger partial charge is 0.407 e. The number of aliphatic hydroxyl groups excluding tert-OH is 1. The Morgan fingerprint density at radius 1 is 1.11 bits per heavy atom. The number of benzene rings is 2. The first-order valence-electron chi connectivity index (χ1n) is 11.7. The number of carbonyl (C=O) groups excluding carboxylic acids is 2. The van der Waals surface area contributed by atoms with Crippen LogP contribution in [0.1, 0.15) is 36.8 Å². The van der Waals surface area contributed by atoms with Gasteiger partial charge in [0.15, 0.2) is 6.04 Å². The molecule has 3 atom stereocenters. The van der Waals surface area contributed by atoms with Crippen LogP contribution in [0.25, 0.3) is 11.1 Å². The number of nitrogens with one attached hydrogen (secondary N) is 2. The van der Waals surface area contributed by atoms with Gasteiger partial charge in [-0.25, -0.2) is 9.59 Å². The molecule has 1 aliphatic carbocycles. The third kappa shape index (κ3) is 5.16. The molecular formula is C26H30N2O7. The minimum Gasteiger partial charge on any atom is -0.480 e. The zero-order valence-electron chi connectivity index (χ0n) is 19.5. The number of carboxylic acids is 1. The fourth-order valence-electron chi connectivity index (χ4n) is 4.82. The van der Waals surface area contributed by atoms with Crippen molar-refractivity contribution >= 4 is 18.0 Å². The van der Waals surface area contributed by atoms with Crippen LogP contribution in [0.4, 0.5) is 4.79 Å². The number of rotatable bonds is 8. The first-order valence-corrected chi connectivity index (χ1v) is 11.7. The Hall–Kier alpha value is -3.43. The maximum Gasteiger partial charge on any atom is 0.407 e. The lowest BCUT2D eigenvalue weighted by Gasteiger charge is -2.36. The molecule has 0 spiro atoms. The number of fused-ring (bicyclic) bond motifs is 3. The molecule has 35 heavy (non-hydrogen) atoms. The molecule has 2 aromatic rings. The van der Waals surface area contributed by atoms with Gasteiger partial charge in [0, 0.05) is 19.1 Å². The van der Waals surface area contributed by atoms with Crippen molar-refractivity contribution in [2.24, 2.45) is 5.41 Å². The summed E-state index contributed by atoms with van der Waals surface area (Å²) in [5, 5.41) is 24.1. The number of carboxylic acid groups (broad SMARTS) is 1. The number of amides is 2. The largest absolute Gasteiger partial charge is 0.480 e. The van der Waals surface area contributed by atoms with Crippen molar-refractivity contribution in [2.75, 3.05) is 26.4 Å². The van der Waals surface area contributed by atoms with E-state index in [1.54, 1.807) is 0 Å². The van der Waals surface area contributed by atoms with Gasteiger partial charge in [0.2, 0.25) is 5.91 Å². The van der Waals surface area contributed by atoms with Gasteiger partial charge in [0.1, 0.15) is 6.61 Å². The molecule has 0 saturated carbocycles. The highest BCUT2D eigenvalue weighted by Crippen LogP contribution is 2.44. The van der Waals surface area contributed by atoms with Crippen molar-refractivity contribution in [3.05, 3.63) is 59.7 Å². The molecule has 1 saturated heterocycles. The molecule has 9 nitrogen and oxygen atoms in total. The van der Waals surface area contributed by atoms with Crippen LogP contribution in [0.15, 0.2) is 48.5 Å². The Balaban J connectivity index is 1.40. The van der Waals surface area contributed by atoms with Crippen LogP contribution in [0.5, 0.6) is 0 Å². The normalized spacial score (nSPS) is 20.7. The Morgan fingerprint density at radius 3 is 2.29 bits per heavy atom. The second kappa shape index (κ2) is 10.5. The monoisotopic (exact) mass is 482 g/mol. The van der Waals surface area contributed by atoms with Gasteiger partial charge in [-0.1, -0.05) is 48.5 Å². The Bertz CT molecular complexity index is 1050. The maximum absolute atomic E-state index is 13.0. The van der Waals surface area contributed by atoms with Gasteiger partial charge in [0.05, 0.1) is 18.1 Å². The fraction of sp³-hybridized carbons (Fsp3) is 0.423. The second-order valence-electron chi connectivity index (χ2n) is 9.15. The topological polar surface area (TPSA) is 134 Å². The molecule has 2 aromatic carbocycles. The molecular weight excluding hydrogens is 452 g/mol. The van der Waals surface area contributed by atoms with Gasteiger partial charge in [0.25, 0.3) is 0 Å². The number of carbonyl (C=O) groups is 3. The van der Waals surface area contributed by atoms with E-state index in [0.29, 0.717) is 19.4 Å². The lowest BCUT2D eigenvalue weighted by atomic mass is 9.81. The number of hydrogen-bond acceptors (Lipinski definition) is 6. The number of hydrogen-bond donors (Lipinski definition) is 4. The third-order valence-electron chi connectivity index (χ3n) is 6.75. The third-order valence-corrected chi connectivity index (χ3v) is 6.75. The highest BCUT2D eigenvalue weighted by Gasteiger charge is 2.43. The zero-order valence-corrected chi connectivity index (χ0v) is 19.5. The molecule has 1 heterocycles. The predicted molar refractivity (Wildman–Crippen MR) is 127 cm³/mol. The average molecular weight is 483 g/mol. The van der Waals surface area contributed by atoms with Crippen LogP contribution >= 0.6 is 0 Å². The lowest BCUT2D eigenvalue weighted by molar-refractivity contribution is -0.149. The van der Waals surface area contributed by atoms with E-state index in [0.717, 1.165) is 22.3 Å². The van der Waals surface area contributed by atoms with E-state index in [1.165, 1.54) is 6.92 Å². The number of ether oxygens (including phenoxy) is 2. The van der Waals surface area contributed by atoms with E-state index in [1.807, 2.05) is 36.4 Å². The van der Waals surface area contributed by atoms with Crippen LogP contribution < -0.4 is 10.6 Å². The Morgan fingerprint density at radius 2 is 1.74 bits per heavy atom. The Labute approximate surface area is 203 Å². The van der Waals surface area contributed by atoms with Crippen LogP contribution in [-0.2, 0) is 19.1 Å². The van der Waals surface area contributed by atoms with Gasteiger partial charge in [-0.2, -0.15) is 0 Å². The zero-order chi connectivity index (χ0) is 25.0. The highest BCUT2D eigenvalue weighted by atomic mass is 16.5. The predicted octanol–water partition coefficient (Wildman–Crippen LogP) is 2.27. The van der Waals surface area contributed by atoms with E-state index in [2.05, 4.69) is 22.8 Å². The van der Waals surface area contributed by atoms with E-state index < -0.39 is 35.5 Å². The SMILES string of the molecule is C[C@@H](O)[C@H](NC(=O)C1(CNC(=O)OCC2c3ccccc3-c3ccccc32)CCCOC1)C(=O)O. The minimum atomic E-state index is -1.46. The van der Waals surface area contributed by atoms with Crippen LogP contribution in [0, 0.1) is 5.41 Å². The minimum absolute atomic E-state index is 0.0225. The average Bonchev–Trinajstić information content (AvgIpc) is 3.18. The quantitative estimate of drug-likeness (QED) is 0.453. The molecule has 2 amide bonds. The van der Waals surface area contributed by atoms with Crippen molar-refractivity contribution in [1.29, 1.82) is 0 Å².